The Labute approximate surface area is 193 Å². The highest BCUT2D eigenvalue weighted by molar-refractivity contribution is 5.87. The van der Waals surface area contributed by atoms with Crippen molar-refractivity contribution in [1.82, 2.24) is 10.6 Å². The van der Waals surface area contributed by atoms with Crippen molar-refractivity contribution in [2.75, 3.05) is 14.2 Å². The van der Waals surface area contributed by atoms with Gasteiger partial charge in [0.05, 0.1) is 14.2 Å². The molecule has 1 aliphatic heterocycles. The average molecular weight is 454 g/mol. The Balaban J connectivity index is 1.66. The van der Waals surface area contributed by atoms with Crippen LogP contribution in [0, 0.1) is 0 Å². The van der Waals surface area contributed by atoms with Crippen molar-refractivity contribution < 1.29 is 23.9 Å². The second-order valence-electron chi connectivity index (χ2n) is 8.41. The van der Waals surface area contributed by atoms with Gasteiger partial charge < -0.3 is 25.8 Å². The summed E-state index contributed by atoms with van der Waals surface area (Å²) in [6.45, 7) is 0. The molecule has 1 unspecified atom stereocenters. The maximum absolute atomic E-state index is 12.7. The van der Waals surface area contributed by atoms with Crippen molar-refractivity contribution in [1.29, 1.82) is 0 Å². The van der Waals surface area contributed by atoms with Crippen LogP contribution >= 0.6 is 0 Å². The average Bonchev–Trinajstić information content (AvgIpc) is 3.18. The highest BCUT2D eigenvalue weighted by Crippen LogP contribution is 2.33. The minimum atomic E-state index is -0.792. The summed E-state index contributed by atoms with van der Waals surface area (Å²) < 4.78 is 10.7. The lowest BCUT2D eigenvalue weighted by Gasteiger charge is -2.30. The summed E-state index contributed by atoms with van der Waals surface area (Å²) in [4.78, 5) is 36.7. The van der Waals surface area contributed by atoms with E-state index in [0.29, 0.717) is 43.6 Å². The number of nitrogens with two attached hydrogens (primary N) is 1. The number of primary amides is 1. The summed E-state index contributed by atoms with van der Waals surface area (Å²) in [5, 5.41) is 5.82. The molecule has 2 atom stereocenters. The van der Waals surface area contributed by atoms with Crippen LogP contribution in [0.3, 0.4) is 0 Å². The maximum atomic E-state index is 12.7. The van der Waals surface area contributed by atoms with Crippen LogP contribution in [0.1, 0.15) is 36.8 Å². The quantitative estimate of drug-likeness (QED) is 0.480. The number of carbonyl (C=O) groups excluding carboxylic acids is 3. The molecule has 2 aromatic rings. The molecule has 1 heterocycles. The van der Waals surface area contributed by atoms with Crippen molar-refractivity contribution in [3.05, 3.63) is 59.7 Å². The molecule has 0 aliphatic carbocycles. The predicted octanol–water partition coefficient (Wildman–Crippen LogP) is 1.89. The van der Waals surface area contributed by atoms with E-state index in [4.69, 9.17) is 15.2 Å². The number of hydrogen-bond acceptors (Lipinski definition) is 5. The van der Waals surface area contributed by atoms with Crippen LogP contribution in [0.15, 0.2) is 48.5 Å². The summed E-state index contributed by atoms with van der Waals surface area (Å²) in [6, 6.07) is 14.2. The van der Waals surface area contributed by atoms with Gasteiger partial charge in [-0.3, -0.25) is 14.4 Å². The molecule has 0 saturated carbocycles. The first-order valence-electron chi connectivity index (χ1n) is 11.0. The Kier molecular flexibility index (Phi) is 7.92. The zero-order valence-electron chi connectivity index (χ0n) is 19.1. The fourth-order valence-corrected chi connectivity index (χ4v) is 4.26. The predicted molar refractivity (Wildman–Crippen MR) is 124 cm³/mol. The van der Waals surface area contributed by atoms with Gasteiger partial charge in [-0.25, -0.2) is 0 Å². The summed E-state index contributed by atoms with van der Waals surface area (Å²) in [6.07, 6.45) is 2.51. The van der Waals surface area contributed by atoms with Crippen LogP contribution in [0.5, 0.6) is 11.5 Å². The van der Waals surface area contributed by atoms with E-state index >= 15 is 0 Å². The standard InChI is InChI=1S/C25H31N3O5/c1-32-20-9-8-18(15-21(20)33-2)16-25(13-11-23(30)28-25)12-10-22(29)27-19(24(26)31)14-17-6-4-3-5-7-17/h3-9,15,19H,10-14,16H2,1-2H3,(H2,26,31)(H,27,29)(H,28,30)/t19-,25?/m0/s1. The molecule has 1 saturated heterocycles. The fraction of sp³-hybridized carbons (Fsp3) is 0.400. The molecule has 0 radical (unpaired) electrons. The van der Waals surface area contributed by atoms with Gasteiger partial charge in [0, 0.05) is 24.8 Å². The second kappa shape index (κ2) is 10.8. The monoisotopic (exact) mass is 453 g/mol. The van der Waals surface area contributed by atoms with Gasteiger partial charge in [0.1, 0.15) is 6.04 Å². The molecule has 3 amide bonds. The number of carbonyl (C=O) groups is 3. The van der Waals surface area contributed by atoms with Crippen LogP contribution in [0.25, 0.3) is 0 Å². The van der Waals surface area contributed by atoms with E-state index in [2.05, 4.69) is 10.6 Å². The van der Waals surface area contributed by atoms with Crippen molar-refractivity contribution in [2.24, 2.45) is 5.73 Å². The van der Waals surface area contributed by atoms with Gasteiger partial charge in [0.25, 0.3) is 0 Å². The van der Waals surface area contributed by atoms with Crippen LogP contribution in [-0.2, 0) is 27.2 Å². The Morgan fingerprint density at radius 2 is 1.82 bits per heavy atom. The minimum Gasteiger partial charge on any atom is -0.493 e. The molecule has 8 heteroatoms. The number of methoxy groups -OCH3 is 2. The lowest BCUT2D eigenvalue weighted by molar-refractivity contribution is -0.127. The first-order valence-corrected chi connectivity index (χ1v) is 11.0. The van der Waals surface area contributed by atoms with E-state index in [0.717, 1.165) is 11.1 Å². The molecule has 0 spiro atoms. The minimum absolute atomic E-state index is 0.0324. The third-order valence-corrected chi connectivity index (χ3v) is 6.02. The molecule has 0 aromatic heterocycles. The van der Waals surface area contributed by atoms with Crippen molar-refractivity contribution in [2.45, 2.75) is 50.1 Å². The highest BCUT2D eigenvalue weighted by atomic mass is 16.5. The molecule has 4 N–H and O–H groups in total. The van der Waals surface area contributed by atoms with Gasteiger partial charge in [0.2, 0.25) is 17.7 Å². The third-order valence-electron chi connectivity index (χ3n) is 6.02. The van der Waals surface area contributed by atoms with Crippen molar-refractivity contribution in [3.8, 4) is 11.5 Å². The van der Waals surface area contributed by atoms with Crippen LogP contribution in [0.4, 0.5) is 0 Å². The molecular weight excluding hydrogens is 422 g/mol. The van der Waals surface area contributed by atoms with Crippen LogP contribution in [-0.4, -0.2) is 43.5 Å². The van der Waals surface area contributed by atoms with Crippen molar-refractivity contribution in [3.63, 3.8) is 0 Å². The van der Waals surface area contributed by atoms with Gasteiger partial charge in [-0.05, 0) is 42.5 Å². The maximum Gasteiger partial charge on any atom is 0.240 e. The molecule has 0 bridgehead atoms. The first-order chi connectivity index (χ1) is 15.8. The highest BCUT2D eigenvalue weighted by Gasteiger charge is 2.38. The van der Waals surface area contributed by atoms with Gasteiger partial charge in [0.15, 0.2) is 11.5 Å². The topological polar surface area (TPSA) is 120 Å². The third kappa shape index (κ3) is 6.47. The van der Waals surface area contributed by atoms with E-state index in [1.54, 1.807) is 14.2 Å². The van der Waals surface area contributed by atoms with Crippen LogP contribution in [0.2, 0.25) is 0 Å². The Bertz CT molecular complexity index is 995. The molecule has 1 aliphatic rings. The number of benzene rings is 2. The fourth-order valence-electron chi connectivity index (χ4n) is 4.26. The summed E-state index contributed by atoms with van der Waals surface area (Å²) in [5.41, 5.74) is 6.85. The number of nitrogens with one attached hydrogen (secondary N) is 2. The zero-order chi connectivity index (χ0) is 23.8. The van der Waals surface area contributed by atoms with E-state index in [1.165, 1.54) is 0 Å². The van der Waals surface area contributed by atoms with E-state index in [9.17, 15) is 14.4 Å². The summed E-state index contributed by atoms with van der Waals surface area (Å²) >= 11 is 0. The Morgan fingerprint density at radius 3 is 2.42 bits per heavy atom. The number of rotatable bonds is 11. The first kappa shape index (κ1) is 24.1. The van der Waals surface area contributed by atoms with Gasteiger partial charge in [-0.15, -0.1) is 0 Å². The van der Waals surface area contributed by atoms with Gasteiger partial charge >= 0.3 is 0 Å². The van der Waals surface area contributed by atoms with E-state index in [1.807, 2.05) is 48.5 Å². The van der Waals surface area contributed by atoms with Gasteiger partial charge in [-0.1, -0.05) is 36.4 Å². The second-order valence-corrected chi connectivity index (χ2v) is 8.41. The molecule has 8 nitrogen and oxygen atoms in total. The summed E-state index contributed by atoms with van der Waals surface area (Å²) in [5.74, 6) is 0.345. The van der Waals surface area contributed by atoms with E-state index < -0.39 is 17.5 Å². The lowest BCUT2D eigenvalue weighted by atomic mass is 9.84. The molecule has 33 heavy (non-hydrogen) atoms. The van der Waals surface area contributed by atoms with E-state index in [-0.39, 0.29) is 18.2 Å². The molecular formula is C25H31N3O5. The molecule has 3 rings (SSSR count). The van der Waals surface area contributed by atoms with Gasteiger partial charge in [-0.2, -0.15) is 0 Å². The smallest absolute Gasteiger partial charge is 0.240 e. The normalized spacial score (nSPS) is 18.3. The number of hydrogen-bond donors (Lipinski definition) is 3. The molecule has 176 valence electrons. The number of amides is 3. The Hall–Kier alpha value is -3.55. The largest absolute Gasteiger partial charge is 0.493 e. The lowest BCUT2D eigenvalue weighted by Crippen LogP contribution is -2.48. The Morgan fingerprint density at radius 1 is 1.09 bits per heavy atom. The van der Waals surface area contributed by atoms with Crippen LogP contribution < -0.4 is 25.8 Å². The SMILES string of the molecule is COc1ccc(CC2(CCC(=O)N[C@@H](Cc3ccccc3)C(N)=O)CCC(=O)N2)cc1OC. The molecule has 2 aromatic carbocycles. The molecule has 1 fully saturated rings. The number of ether oxygens (including phenoxy) is 2. The zero-order valence-corrected chi connectivity index (χ0v) is 19.1. The van der Waals surface area contributed by atoms with Crippen molar-refractivity contribution >= 4 is 17.7 Å². The summed E-state index contributed by atoms with van der Waals surface area (Å²) in [7, 11) is 3.15.